The Labute approximate surface area is 115 Å². The van der Waals surface area contributed by atoms with Crippen LogP contribution in [0.3, 0.4) is 0 Å². The molecule has 2 rings (SSSR count). The van der Waals surface area contributed by atoms with Crippen LogP contribution in [0.25, 0.3) is 0 Å². The first kappa shape index (κ1) is 13.5. The number of hydrogen-bond donors (Lipinski definition) is 0. The fourth-order valence-electron chi connectivity index (χ4n) is 1.42. The van der Waals surface area contributed by atoms with E-state index in [-0.39, 0.29) is 6.10 Å². The normalized spacial score (nSPS) is 11.9. The lowest BCUT2D eigenvalue weighted by molar-refractivity contribution is 0.0233. The molecule has 2 aromatic rings. The van der Waals surface area contributed by atoms with Gasteiger partial charge in [0.2, 0.25) is 0 Å². The molecule has 0 amide bonds. The maximum Gasteiger partial charge on any atom is 0.352 e. The molecule has 100 valence electrons. The Bertz CT molecular complexity index is 542. The van der Waals surface area contributed by atoms with E-state index >= 15 is 0 Å². The molecule has 0 spiro atoms. The number of carbonyl (C=O) groups excluding carboxylic acids is 1. The summed E-state index contributed by atoms with van der Waals surface area (Å²) in [6, 6.07) is 9.39. The van der Waals surface area contributed by atoms with Gasteiger partial charge in [-0.3, -0.25) is 0 Å². The van der Waals surface area contributed by atoms with Gasteiger partial charge in [-0.2, -0.15) is 0 Å². The number of rotatable bonds is 5. The quantitative estimate of drug-likeness (QED) is 0.786. The molecule has 0 radical (unpaired) electrons. The summed E-state index contributed by atoms with van der Waals surface area (Å²) in [5.74, 6) is 0.345. The summed E-state index contributed by atoms with van der Waals surface area (Å²) in [6.45, 7) is 3.82. The van der Waals surface area contributed by atoms with Crippen LogP contribution >= 0.6 is 11.5 Å². The van der Waals surface area contributed by atoms with Crippen molar-refractivity contribution in [1.82, 2.24) is 9.59 Å². The summed E-state index contributed by atoms with van der Waals surface area (Å²) < 4.78 is 14.5. The highest BCUT2D eigenvalue weighted by Crippen LogP contribution is 2.13. The smallest absolute Gasteiger partial charge is 0.352 e. The Balaban J connectivity index is 1.83. The Hall–Kier alpha value is -1.95. The van der Waals surface area contributed by atoms with Crippen molar-refractivity contribution < 1.29 is 14.3 Å². The standard InChI is InChI=1S/C13H14N2O3S/c1-9(8-17-11-6-4-3-5-7-11)18-13(16)12-10(2)14-15-19-12/h3-7,9H,8H2,1-2H3. The molecule has 5 nitrogen and oxygen atoms in total. The van der Waals surface area contributed by atoms with E-state index in [1.807, 2.05) is 30.3 Å². The first-order chi connectivity index (χ1) is 9.16. The van der Waals surface area contributed by atoms with Gasteiger partial charge in [-0.15, -0.1) is 5.10 Å². The topological polar surface area (TPSA) is 61.3 Å². The Morgan fingerprint density at radius 3 is 2.74 bits per heavy atom. The van der Waals surface area contributed by atoms with E-state index in [1.165, 1.54) is 0 Å². The van der Waals surface area contributed by atoms with Crippen LogP contribution in [-0.2, 0) is 4.74 Å². The van der Waals surface area contributed by atoms with Gasteiger partial charge in [0.25, 0.3) is 0 Å². The minimum atomic E-state index is -0.406. The molecule has 1 aromatic heterocycles. The minimum Gasteiger partial charge on any atom is -0.490 e. The number of para-hydroxylation sites is 1. The molecule has 0 aliphatic heterocycles. The van der Waals surface area contributed by atoms with Gasteiger partial charge in [0.1, 0.15) is 18.5 Å². The molecule has 0 aliphatic rings. The molecule has 0 bridgehead atoms. The van der Waals surface area contributed by atoms with Crippen LogP contribution in [0.4, 0.5) is 0 Å². The molecule has 0 N–H and O–H groups in total. The van der Waals surface area contributed by atoms with Crippen molar-refractivity contribution in [2.24, 2.45) is 0 Å². The summed E-state index contributed by atoms with van der Waals surface area (Å²) in [5, 5.41) is 3.77. The Kier molecular flexibility index (Phi) is 4.46. The van der Waals surface area contributed by atoms with Gasteiger partial charge in [0.15, 0.2) is 4.88 Å². The van der Waals surface area contributed by atoms with Gasteiger partial charge in [0, 0.05) is 0 Å². The largest absolute Gasteiger partial charge is 0.490 e. The van der Waals surface area contributed by atoms with Crippen molar-refractivity contribution in [1.29, 1.82) is 0 Å². The Morgan fingerprint density at radius 2 is 2.11 bits per heavy atom. The first-order valence-corrected chi connectivity index (χ1v) is 6.62. The fourth-order valence-corrected chi connectivity index (χ4v) is 1.96. The van der Waals surface area contributed by atoms with E-state index in [0.717, 1.165) is 17.3 Å². The summed E-state index contributed by atoms with van der Waals surface area (Å²) in [7, 11) is 0. The molecule has 6 heteroatoms. The molecule has 0 aliphatic carbocycles. The van der Waals surface area contributed by atoms with E-state index in [1.54, 1.807) is 13.8 Å². The molecule has 0 saturated heterocycles. The zero-order valence-electron chi connectivity index (χ0n) is 10.7. The van der Waals surface area contributed by atoms with Crippen LogP contribution < -0.4 is 4.74 Å². The molecular formula is C13H14N2O3S. The second kappa shape index (κ2) is 6.29. The zero-order chi connectivity index (χ0) is 13.7. The third-order valence-corrected chi connectivity index (χ3v) is 3.18. The average Bonchev–Trinajstić information content (AvgIpc) is 2.84. The van der Waals surface area contributed by atoms with E-state index in [9.17, 15) is 4.79 Å². The number of nitrogens with zero attached hydrogens (tertiary/aromatic N) is 2. The molecule has 19 heavy (non-hydrogen) atoms. The molecule has 1 unspecified atom stereocenters. The van der Waals surface area contributed by atoms with Crippen molar-refractivity contribution in [3.8, 4) is 5.75 Å². The van der Waals surface area contributed by atoms with Gasteiger partial charge >= 0.3 is 5.97 Å². The molecule has 1 atom stereocenters. The number of aryl methyl sites for hydroxylation is 1. The van der Waals surface area contributed by atoms with Gasteiger partial charge in [-0.05, 0) is 37.5 Å². The minimum absolute atomic E-state index is 0.307. The number of ether oxygens (including phenoxy) is 2. The van der Waals surface area contributed by atoms with Crippen LogP contribution in [0.5, 0.6) is 5.75 Å². The van der Waals surface area contributed by atoms with Gasteiger partial charge in [-0.25, -0.2) is 4.79 Å². The van der Waals surface area contributed by atoms with Crippen LogP contribution in [0.2, 0.25) is 0 Å². The van der Waals surface area contributed by atoms with Crippen molar-refractivity contribution >= 4 is 17.5 Å². The van der Waals surface area contributed by atoms with Crippen molar-refractivity contribution in [3.63, 3.8) is 0 Å². The zero-order valence-corrected chi connectivity index (χ0v) is 11.5. The molecule has 1 aromatic carbocycles. The summed E-state index contributed by atoms with van der Waals surface area (Å²) >= 11 is 1.04. The van der Waals surface area contributed by atoms with Gasteiger partial charge in [-0.1, -0.05) is 22.7 Å². The van der Waals surface area contributed by atoms with Crippen molar-refractivity contribution in [2.75, 3.05) is 6.61 Å². The van der Waals surface area contributed by atoms with Crippen LogP contribution in [0.15, 0.2) is 30.3 Å². The number of carbonyl (C=O) groups is 1. The van der Waals surface area contributed by atoms with E-state index in [0.29, 0.717) is 17.2 Å². The predicted molar refractivity (Wildman–Crippen MR) is 71.5 cm³/mol. The summed E-state index contributed by atoms with van der Waals surface area (Å²) in [4.78, 5) is 12.2. The summed E-state index contributed by atoms with van der Waals surface area (Å²) in [6.07, 6.45) is -0.339. The second-order valence-electron chi connectivity index (χ2n) is 4.03. The van der Waals surface area contributed by atoms with Crippen LogP contribution in [-0.4, -0.2) is 28.3 Å². The lowest BCUT2D eigenvalue weighted by atomic mass is 10.3. The summed E-state index contributed by atoms with van der Waals surface area (Å²) in [5.41, 5.74) is 0.589. The van der Waals surface area contributed by atoms with Gasteiger partial charge in [0.05, 0.1) is 5.69 Å². The lowest BCUT2D eigenvalue weighted by Gasteiger charge is -2.13. The van der Waals surface area contributed by atoms with E-state index in [2.05, 4.69) is 9.59 Å². The van der Waals surface area contributed by atoms with Crippen molar-refractivity contribution in [2.45, 2.75) is 20.0 Å². The number of hydrogen-bond acceptors (Lipinski definition) is 6. The third-order valence-electron chi connectivity index (χ3n) is 2.37. The maximum atomic E-state index is 11.8. The van der Waals surface area contributed by atoms with Crippen molar-refractivity contribution in [3.05, 3.63) is 40.9 Å². The van der Waals surface area contributed by atoms with Crippen LogP contribution in [0.1, 0.15) is 22.3 Å². The highest BCUT2D eigenvalue weighted by Gasteiger charge is 2.17. The molecule has 0 fully saturated rings. The second-order valence-corrected chi connectivity index (χ2v) is 4.78. The first-order valence-electron chi connectivity index (χ1n) is 5.84. The number of esters is 1. The molecule has 0 saturated carbocycles. The SMILES string of the molecule is Cc1nnsc1C(=O)OC(C)COc1ccccc1. The van der Waals surface area contributed by atoms with Gasteiger partial charge < -0.3 is 9.47 Å². The maximum absolute atomic E-state index is 11.8. The predicted octanol–water partition coefficient (Wildman–Crippen LogP) is 2.47. The molecular weight excluding hydrogens is 264 g/mol. The lowest BCUT2D eigenvalue weighted by Crippen LogP contribution is -2.22. The Morgan fingerprint density at radius 1 is 1.37 bits per heavy atom. The third kappa shape index (κ3) is 3.75. The molecule has 1 heterocycles. The highest BCUT2D eigenvalue weighted by atomic mass is 32.1. The number of benzene rings is 1. The van der Waals surface area contributed by atoms with E-state index in [4.69, 9.17) is 9.47 Å². The number of aromatic nitrogens is 2. The van der Waals surface area contributed by atoms with Crippen LogP contribution in [0, 0.1) is 6.92 Å². The highest BCUT2D eigenvalue weighted by molar-refractivity contribution is 7.07. The monoisotopic (exact) mass is 278 g/mol. The average molecular weight is 278 g/mol. The van der Waals surface area contributed by atoms with E-state index < -0.39 is 5.97 Å². The fraction of sp³-hybridized carbons (Fsp3) is 0.308.